The summed E-state index contributed by atoms with van der Waals surface area (Å²) in [4.78, 5) is 12.8. The van der Waals surface area contributed by atoms with Crippen LogP contribution in [-0.2, 0) is 14.8 Å². The highest BCUT2D eigenvalue weighted by Crippen LogP contribution is 2.28. The molecule has 1 N–H and O–H groups in total. The second kappa shape index (κ2) is 11.2. The number of sulfonamides is 1. The molecule has 7 nitrogen and oxygen atoms in total. The zero-order valence-corrected chi connectivity index (χ0v) is 21.3. The number of hydrazone groups is 1. The van der Waals surface area contributed by atoms with E-state index in [1.807, 2.05) is 43.0 Å². The number of nitrogens with zero attached hydrogens (tertiary/aromatic N) is 2. The van der Waals surface area contributed by atoms with Gasteiger partial charge in [-0.15, -0.1) is 0 Å². The minimum atomic E-state index is -4.03. The molecule has 0 atom stereocenters. The molecule has 3 aromatic carbocycles. The van der Waals surface area contributed by atoms with Gasteiger partial charge in [-0.3, -0.25) is 9.10 Å². The van der Waals surface area contributed by atoms with E-state index in [-0.39, 0.29) is 16.7 Å². The number of halogens is 1. The largest absolute Gasteiger partial charge is 0.489 e. The monoisotopic (exact) mass is 529 g/mol. The van der Waals surface area contributed by atoms with Gasteiger partial charge in [0, 0.05) is 16.5 Å². The van der Waals surface area contributed by atoms with Crippen LogP contribution in [0.1, 0.15) is 11.1 Å². The second-order valence-electron chi connectivity index (χ2n) is 7.90. The molecule has 0 aliphatic carbocycles. The first-order chi connectivity index (χ1) is 16.8. The van der Waals surface area contributed by atoms with Crippen LogP contribution in [0.4, 0.5) is 5.69 Å². The number of aryl methyl sites for hydroxylation is 1. The molecular formula is C25H24ClN3O4S2. The van der Waals surface area contributed by atoms with E-state index in [4.69, 9.17) is 16.3 Å². The van der Waals surface area contributed by atoms with Crippen molar-refractivity contribution in [3.05, 3.63) is 88.9 Å². The predicted octanol–water partition coefficient (Wildman–Crippen LogP) is 4.49. The van der Waals surface area contributed by atoms with Gasteiger partial charge in [0.15, 0.2) is 0 Å². The third-order valence-corrected chi connectivity index (χ3v) is 8.64. The van der Waals surface area contributed by atoms with Crippen LogP contribution in [0.15, 0.2) is 82.8 Å². The summed E-state index contributed by atoms with van der Waals surface area (Å²) in [6.07, 6.45) is 1.71. The van der Waals surface area contributed by atoms with Crippen LogP contribution in [0.2, 0.25) is 5.02 Å². The van der Waals surface area contributed by atoms with E-state index in [0.29, 0.717) is 5.02 Å². The Labute approximate surface area is 214 Å². The Hall–Kier alpha value is -3.01. The van der Waals surface area contributed by atoms with Crippen molar-refractivity contribution >= 4 is 51.2 Å². The number of hydrogen-bond acceptors (Lipinski definition) is 6. The first kappa shape index (κ1) is 25.1. The highest BCUT2D eigenvalue weighted by Gasteiger charge is 2.27. The van der Waals surface area contributed by atoms with Gasteiger partial charge >= 0.3 is 0 Å². The van der Waals surface area contributed by atoms with Gasteiger partial charge in [-0.05, 0) is 54.4 Å². The fourth-order valence-corrected chi connectivity index (χ4v) is 5.43. The summed E-state index contributed by atoms with van der Waals surface area (Å²) >= 11 is 8.08. The van der Waals surface area contributed by atoms with Crippen molar-refractivity contribution in [3.63, 3.8) is 0 Å². The van der Waals surface area contributed by atoms with Crippen molar-refractivity contribution in [3.8, 4) is 5.75 Å². The fraction of sp³-hybridized carbons (Fsp3) is 0.200. The standard InChI is InChI=1S/C25H24ClN3O4S2/c1-18-10-11-20(13-24(18)26)29(35(31,32)23-8-3-2-4-9-23)15-25(30)28-27-14-19-6-5-7-21(12-19)33-22-16-34-17-22/h2-14,22H,15-17H2,1H3,(H,28,30)/b27-14-. The van der Waals surface area contributed by atoms with E-state index in [0.717, 1.165) is 32.7 Å². The number of thioether (sulfide) groups is 1. The fourth-order valence-electron chi connectivity index (χ4n) is 3.26. The molecule has 0 aromatic heterocycles. The number of anilines is 1. The highest BCUT2D eigenvalue weighted by atomic mass is 35.5. The van der Waals surface area contributed by atoms with E-state index >= 15 is 0 Å². The first-order valence-corrected chi connectivity index (χ1v) is 13.8. The molecule has 0 spiro atoms. The molecule has 1 saturated heterocycles. The average molecular weight is 530 g/mol. The lowest BCUT2D eigenvalue weighted by Gasteiger charge is -2.25. The summed E-state index contributed by atoms with van der Waals surface area (Å²) in [6, 6.07) is 20.2. The molecule has 0 saturated carbocycles. The van der Waals surface area contributed by atoms with Crippen molar-refractivity contribution in [2.24, 2.45) is 5.10 Å². The minimum Gasteiger partial charge on any atom is -0.489 e. The molecule has 3 aromatic rings. The molecule has 0 unspecified atom stereocenters. The average Bonchev–Trinajstić information content (AvgIpc) is 2.82. The Morgan fingerprint density at radius 2 is 1.91 bits per heavy atom. The maximum absolute atomic E-state index is 13.4. The molecular weight excluding hydrogens is 506 g/mol. The Balaban J connectivity index is 1.49. The molecule has 182 valence electrons. The van der Waals surface area contributed by atoms with Crippen molar-refractivity contribution in [2.75, 3.05) is 22.4 Å². The van der Waals surface area contributed by atoms with Gasteiger partial charge in [-0.2, -0.15) is 16.9 Å². The Bertz CT molecular complexity index is 1330. The molecule has 0 radical (unpaired) electrons. The summed E-state index contributed by atoms with van der Waals surface area (Å²) in [5.74, 6) is 2.09. The van der Waals surface area contributed by atoms with E-state index in [1.165, 1.54) is 24.4 Å². The molecule has 4 rings (SSSR count). The maximum Gasteiger partial charge on any atom is 0.264 e. The number of benzene rings is 3. The quantitative estimate of drug-likeness (QED) is 0.326. The first-order valence-electron chi connectivity index (χ1n) is 10.8. The molecule has 1 fully saturated rings. The Morgan fingerprint density at radius 3 is 2.60 bits per heavy atom. The number of amides is 1. The summed E-state index contributed by atoms with van der Waals surface area (Å²) in [6.45, 7) is 1.34. The van der Waals surface area contributed by atoms with Gasteiger partial charge in [0.1, 0.15) is 18.4 Å². The van der Waals surface area contributed by atoms with Crippen LogP contribution < -0.4 is 14.5 Å². The predicted molar refractivity (Wildman–Crippen MR) is 141 cm³/mol. The Kier molecular flexibility index (Phi) is 8.00. The highest BCUT2D eigenvalue weighted by molar-refractivity contribution is 8.00. The lowest BCUT2D eigenvalue weighted by molar-refractivity contribution is -0.119. The summed E-state index contributed by atoms with van der Waals surface area (Å²) in [5, 5.41) is 4.40. The number of carbonyl (C=O) groups excluding carboxylic acids is 1. The molecule has 1 heterocycles. The van der Waals surface area contributed by atoms with E-state index in [1.54, 1.807) is 30.3 Å². The number of nitrogens with one attached hydrogen (secondary N) is 1. The van der Waals surface area contributed by atoms with Crippen molar-refractivity contribution in [1.82, 2.24) is 5.43 Å². The van der Waals surface area contributed by atoms with Crippen molar-refractivity contribution in [1.29, 1.82) is 0 Å². The number of ether oxygens (including phenoxy) is 1. The van der Waals surface area contributed by atoms with Crippen molar-refractivity contribution < 1.29 is 17.9 Å². The normalized spacial score (nSPS) is 13.9. The van der Waals surface area contributed by atoms with Gasteiger partial charge in [-0.1, -0.05) is 48.0 Å². The molecule has 10 heteroatoms. The van der Waals surface area contributed by atoms with E-state index in [2.05, 4.69) is 10.5 Å². The van der Waals surface area contributed by atoms with Gasteiger partial charge < -0.3 is 4.74 Å². The third-order valence-electron chi connectivity index (χ3n) is 5.23. The number of hydrogen-bond donors (Lipinski definition) is 1. The van der Waals surface area contributed by atoms with Crippen molar-refractivity contribution in [2.45, 2.75) is 17.9 Å². The molecule has 1 amide bonds. The maximum atomic E-state index is 13.4. The van der Waals surface area contributed by atoms with Crippen LogP contribution >= 0.6 is 23.4 Å². The SMILES string of the molecule is Cc1ccc(N(CC(=O)N/N=C\c2cccc(OC3CSC3)c2)S(=O)(=O)c2ccccc2)cc1Cl. The number of carbonyl (C=O) groups is 1. The third kappa shape index (κ3) is 6.36. The molecule has 35 heavy (non-hydrogen) atoms. The zero-order chi connectivity index (χ0) is 24.8. The van der Waals surface area contributed by atoms with Gasteiger partial charge in [-0.25, -0.2) is 13.8 Å². The molecule has 1 aliphatic heterocycles. The molecule has 0 bridgehead atoms. The second-order valence-corrected chi connectivity index (χ2v) is 11.2. The summed E-state index contributed by atoms with van der Waals surface area (Å²) in [5.41, 5.74) is 4.23. The number of rotatable bonds is 9. The van der Waals surface area contributed by atoms with Crippen LogP contribution in [0.5, 0.6) is 5.75 Å². The topological polar surface area (TPSA) is 88.1 Å². The van der Waals surface area contributed by atoms with Crippen LogP contribution in [0, 0.1) is 6.92 Å². The van der Waals surface area contributed by atoms with Gasteiger partial charge in [0.2, 0.25) is 0 Å². The minimum absolute atomic E-state index is 0.0645. The van der Waals surface area contributed by atoms with E-state index < -0.39 is 22.5 Å². The van der Waals surface area contributed by atoms with Crippen LogP contribution in [-0.4, -0.2) is 44.7 Å². The zero-order valence-electron chi connectivity index (χ0n) is 18.9. The lowest BCUT2D eigenvalue weighted by Crippen LogP contribution is -2.39. The summed E-state index contributed by atoms with van der Waals surface area (Å²) in [7, 11) is -4.03. The van der Waals surface area contributed by atoms with Gasteiger partial charge in [0.25, 0.3) is 15.9 Å². The van der Waals surface area contributed by atoms with Crippen LogP contribution in [0.3, 0.4) is 0 Å². The summed E-state index contributed by atoms with van der Waals surface area (Å²) < 4.78 is 33.6. The Morgan fingerprint density at radius 1 is 1.14 bits per heavy atom. The smallest absolute Gasteiger partial charge is 0.264 e. The van der Waals surface area contributed by atoms with E-state index in [9.17, 15) is 13.2 Å². The van der Waals surface area contributed by atoms with Gasteiger partial charge in [0.05, 0.1) is 16.8 Å². The molecule has 1 aliphatic rings. The van der Waals surface area contributed by atoms with Crippen LogP contribution in [0.25, 0.3) is 0 Å². The lowest BCUT2D eigenvalue weighted by atomic mass is 10.2.